The normalized spacial score (nSPS) is 12.5. The zero-order valence-corrected chi connectivity index (χ0v) is 16.1. The molecule has 132 valence electrons. The van der Waals surface area contributed by atoms with Gasteiger partial charge in [-0.25, -0.2) is 0 Å². The number of benzene rings is 1. The topological polar surface area (TPSA) is 63.9 Å². The summed E-state index contributed by atoms with van der Waals surface area (Å²) in [6, 6.07) is 6.52. The molecule has 0 radical (unpaired) electrons. The van der Waals surface area contributed by atoms with Gasteiger partial charge in [0.05, 0.1) is 0 Å². The first kappa shape index (κ1) is 18.5. The molecule has 4 heteroatoms. The van der Waals surface area contributed by atoms with Gasteiger partial charge in [-0.1, -0.05) is 53.7 Å². The Kier molecular flexibility index (Phi) is 5.09. The molecule has 0 atom stereocenters. The van der Waals surface area contributed by atoms with Crippen LogP contribution in [0.2, 0.25) is 0 Å². The summed E-state index contributed by atoms with van der Waals surface area (Å²) in [5.41, 5.74) is 11.4. The Labute approximate surface area is 145 Å². The highest BCUT2D eigenvalue weighted by molar-refractivity contribution is 5.43. The summed E-state index contributed by atoms with van der Waals surface area (Å²) in [5.74, 6) is 0.916. The zero-order chi connectivity index (χ0) is 18.1. The van der Waals surface area contributed by atoms with Crippen molar-refractivity contribution >= 4 is 0 Å². The molecule has 2 rings (SSSR count). The third kappa shape index (κ3) is 3.99. The number of nitrogens with two attached hydrogens (primary N) is 1. The van der Waals surface area contributed by atoms with Crippen molar-refractivity contribution in [1.29, 1.82) is 0 Å². The molecule has 4 nitrogen and oxygen atoms in total. The van der Waals surface area contributed by atoms with Crippen LogP contribution in [-0.2, 0) is 24.0 Å². The van der Waals surface area contributed by atoms with Gasteiger partial charge in [-0.15, -0.1) is 0 Å². The number of nitrogens with zero attached hydrogens (tertiary/aromatic N) is 1. The van der Waals surface area contributed by atoms with Gasteiger partial charge in [-0.2, -0.15) is 5.10 Å². The van der Waals surface area contributed by atoms with Crippen LogP contribution in [0.3, 0.4) is 0 Å². The summed E-state index contributed by atoms with van der Waals surface area (Å²) in [4.78, 5) is 0. The van der Waals surface area contributed by atoms with E-state index in [9.17, 15) is 0 Å². The summed E-state index contributed by atoms with van der Waals surface area (Å²) in [6.07, 6.45) is 0. The van der Waals surface area contributed by atoms with E-state index in [1.165, 1.54) is 11.1 Å². The van der Waals surface area contributed by atoms with Crippen LogP contribution in [0.15, 0.2) is 18.2 Å². The lowest BCUT2D eigenvalue weighted by Crippen LogP contribution is -2.17. The van der Waals surface area contributed by atoms with Crippen LogP contribution < -0.4 is 10.5 Å². The molecule has 0 spiro atoms. The highest BCUT2D eigenvalue weighted by atomic mass is 16.5. The van der Waals surface area contributed by atoms with Crippen LogP contribution >= 0.6 is 0 Å². The Morgan fingerprint density at radius 1 is 1.08 bits per heavy atom. The van der Waals surface area contributed by atoms with Crippen molar-refractivity contribution in [2.75, 3.05) is 0 Å². The van der Waals surface area contributed by atoms with E-state index >= 15 is 0 Å². The number of hydrogen-bond acceptors (Lipinski definition) is 3. The van der Waals surface area contributed by atoms with Crippen LogP contribution in [0.25, 0.3) is 0 Å². The number of ether oxygens (including phenoxy) is 1. The summed E-state index contributed by atoms with van der Waals surface area (Å²) in [5, 5.41) is 7.31. The van der Waals surface area contributed by atoms with E-state index in [2.05, 4.69) is 69.9 Å². The molecule has 0 fully saturated rings. The van der Waals surface area contributed by atoms with E-state index < -0.39 is 0 Å². The molecule has 0 aliphatic rings. The van der Waals surface area contributed by atoms with Crippen molar-refractivity contribution in [3.05, 3.63) is 46.3 Å². The van der Waals surface area contributed by atoms with Crippen LogP contribution in [0.5, 0.6) is 5.75 Å². The molecule has 0 aliphatic carbocycles. The van der Waals surface area contributed by atoms with Crippen molar-refractivity contribution in [2.24, 2.45) is 5.73 Å². The van der Waals surface area contributed by atoms with Crippen LogP contribution in [0.4, 0.5) is 0 Å². The maximum atomic E-state index is 6.14. The number of hydrogen-bond donors (Lipinski definition) is 2. The highest BCUT2D eigenvalue weighted by Gasteiger charge is 2.23. The van der Waals surface area contributed by atoms with Gasteiger partial charge < -0.3 is 10.5 Å². The Hall–Kier alpha value is -1.81. The van der Waals surface area contributed by atoms with Crippen LogP contribution in [-0.4, -0.2) is 10.2 Å². The summed E-state index contributed by atoms with van der Waals surface area (Å²) in [6.45, 7) is 16.2. The van der Waals surface area contributed by atoms with Gasteiger partial charge in [0.25, 0.3) is 0 Å². The maximum absolute atomic E-state index is 6.14. The van der Waals surface area contributed by atoms with Gasteiger partial charge in [-0.3, -0.25) is 5.10 Å². The molecule has 0 amide bonds. The lowest BCUT2D eigenvalue weighted by Gasteiger charge is -2.27. The van der Waals surface area contributed by atoms with E-state index in [1.54, 1.807) is 0 Å². The predicted molar refractivity (Wildman–Crippen MR) is 99.4 cm³/mol. The van der Waals surface area contributed by atoms with Crippen molar-refractivity contribution in [3.63, 3.8) is 0 Å². The van der Waals surface area contributed by atoms with Crippen molar-refractivity contribution < 1.29 is 4.74 Å². The number of aryl methyl sites for hydroxylation is 1. The first-order valence-electron chi connectivity index (χ1n) is 8.54. The Balaban J connectivity index is 2.32. The van der Waals surface area contributed by atoms with E-state index in [-0.39, 0.29) is 10.8 Å². The Morgan fingerprint density at radius 3 is 2.29 bits per heavy atom. The molecule has 1 aromatic heterocycles. The monoisotopic (exact) mass is 329 g/mol. The standard InChI is InChI=1S/C20H31N3O/c1-13-15(11-21)17(23-22-13)12-24-18-9-8-14(19(2,3)4)10-16(18)20(5,6)7/h8-10H,11-12,21H2,1-7H3,(H,22,23). The lowest BCUT2D eigenvalue weighted by atomic mass is 9.80. The quantitative estimate of drug-likeness (QED) is 0.876. The van der Waals surface area contributed by atoms with E-state index in [0.29, 0.717) is 13.2 Å². The molecule has 1 aromatic carbocycles. The second kappa shape index (κ2) is 6.60. The molecule has 24 heavy (non-hydrogen) atoms. The minimum atomic E-state index is 0.00871. The fourth-order valence-electron chi connectivity index (χ4n) is 2.75. The van der Waals surface area contributed by atoms with E-state index in [0.717, 1.165) is 22.7 Å². The highest BCUT2D eigenvalue weighted by Crippen LogP contribution is 2.35. The van der Waals surface area contributed by atoms with Gasteiger partial charge in [0, 0.05) is 17.8 Å². The molecule has 2 aromatic rings. The summed E-state index contributed by atoms with van der Waals surface area (Å²) in [7, 11) is 0. The van der Waals surface area contributed by atoms with E-state index in [1.807, 2.05) is 6.92 Å². The Bertz CT molecular complexity index is 703. The lowest BCUT2D eigenvalue weighted by molar-refractivity contribution is 0.291. The number of aromatic amines is 1. The molecule has 1 heterocycles. The summed E-state index contributed by atoms with van der Waals surface area (Å²) >= 11 is 0. The Morgan fingerprint density at radius 2 is 1.75 bits per heavy atom. The third-order valence-corrected chi connectivity index (χ3v) is 4.38. The fourth-order valence-corrected chi connectivity index (χ4v) is 2.75. The minimum absolute atomic E-state index is 0.00871. The largest absolute Gasteiger partial charge is 0.487 e. The molecular formula is C20H31N3O. The van der Waals surface area contributed by atoms with Gasteiger partial charge in [0.1, 0.15) is 18.1 Å². The van der Waals surface area contributed by atoms with Gasteiger partial charge in [0.2, 0.25) is 0 Å². The van der Waals surface area contributed by atoms with Gasteiger partial charge >= 0.3 is 0 Å². The minimum Gasteiger partial charge on any atom is -0.487 e. The molecule has 0 bridgehead atoms. The SMILES string of the molecule is Cc1[nH]nc(COc2ccc(C(C)(C)C)cc2C(C)(C)C)c1CN. The summed E-state index contributed by atoms with van der Waals surface area (Å²) < 4.78 is 6.14. The van der Waals surface area contributed by atoms with Crippen molar-refractivity contribution in [2.45, 2.75) is 72.4 Å². The van der Waals surface area contributed by atoms with Gasteiger partial charge in [-0.05, 0) is 34.9 Å². The zero-order valence-electron chi connectivity index (χ0n) is 16.1. The fraction of sp³-hybridized carbons (Fsp3) is 0.550. The van der Waals surface area contributed by atoms with Crippen molar-refractivity contribution in [3.8, 4) is 5.75 Å². The first-order valence-corrected chi connectivity index (χ1v) is 8.54. The third-order valence-electron chi connectivity index (χ3n) is 4.38. The van der Waals surface area contributed by atoms with E-state index in [4.69, 9.17) is 10.5 Å². The molecule has 0 unspecified atom stereocenters. The van der Waals surface area contributed by atoms with Crippen LogP contribution in [0.1, 0.15) is 69.6 Å². The average Bonchev–Trinajstić information content (AvgIpc) is 2.83. The first-order chi connectivity index (χ1) is 11.0. The average molecular weight is 329 g/mol. The van der Waals surface area contributed by atoms with Crippen molar-refractivity contribution in [1.82, 2.24) is 10.2 Å². The number of nitrogens with one attached hydrogen (secondary N) is 1. The number of aromatic nitrogens is 2. The second-order valence-electron chi connectivity index (χ2n) is 8.48. The maximum Gasteiger partial charge on any atom is 0.132 e. The molecule has 0 aliphatic heterocycles. The molecular weight excluding hydrogens is 298 g/mol. The second-order valence-corrected chi connectivity index (χ2v) is 8.48. The molecule has 0 saturated carbocycles. The smallest absolute Gasteiger partial charge is 0.132 e. The van der Waals surface area contributed by atoms with Crippen LogP contribution in [0, 0.1) is 6.92 Å². The number of rotatable bonds is 4. The molecule has 0 saturated heterocycles. The molecule has 3 N–H and O–H groups in total. The predicted octanol–water partition coefficient (Wildman–Crippen LogP) is 4.35. The number of H-pyrrole nitrogens is 1. The van der Waals surface area contributed by atoms with Gasteiger partial charge in [0.15, 0.2) is 0 Å².